The average molecular weight is 310 g/mol. The van der Waals surface area contributed by atoms with E-state index in [4.69, 9.17) is 0 Å². The van der Waals surface area contributed by atoms with Gasteiger partial charge >= 0.3 is 5.97 Å². The van der Waals surface area contributed by atoms with Gasteiger partial charge in [-0.1, -0.05) is 60.7 Å². The van der Waals surface area contributed by atoms with Crippen LogP contribution in [0.2, 0.25) is 0 Å². The van der Waals surface area contributed by atoms with Gasteiger partial charge in [-0.25, -0.2) is 0 Å². The van der Waals surface area contributed by atoms with Crippen molar-refractivity contribution in [3.05, 3.63) is 71.8 Å². The molecule has 1 N–H and O–H groups in total. The number of carboxylic acid groups (broad SMARTS) is 1. The molecule has 1 aliphatic rings. The Morgan fingerprint density at radius 2 is 1.30 bits per heavy atom. The monoisotopic (exact) mass is 310 g/mol. The highest BCUT2D eigenvalue weighted by atomic mass is 16.4. The molecular weight excluding hydrogens is 288 g/mol. The topological polar surface area (TPSA) is 43.8 Å². The van der Waals surface area contributed by atoms with Crippen molar-refractivity contribution in [3.8, 4) is 0 Å². The lowest BCUT2D eigenvalue weighted by Crippen LogP contribution is -2.50. The predicted octanol–water partition coefficient (Wildman–Crippen LogP) is 2.66. The Morgan fingerprint density at radius 1 is 0.870 bits per heavy atom. The van der Waals surface area contributed by atoms with Crippen LogP contribution in [-0.2, 0) is 17.9 Å². The zero-order valence-electron chi connectivity index (χ0n) is 13.1. The van der Waals surface area contributed by atoms with Gasteiger partial charge in [-0.3, -0.25) is 14.6 Å². The largest absolute Gasteiger partial charge is 0.481 e. The Bertz CT molecular complexity index is 581. The molecule has 4 heteroatoms. The van der Waals surface area contributed by atoms with Crippen molar-refractivity contribution in [3.63, 3.8) is 0 Å². The number of rotatable bonds is 5. The number of carboxylic acids is 1. The summed E-state index contributed by atoms with van der Waals surface area (Å²) in [5, 5.41) is 9.45. The van der Waals surface area contributed by atoms with Crippen LogP contribution in [0.25, 0.3) is 0 Å². The molecule has 0 aliphatic carbocycles. The zero-order chi connectivity index (χ0) is 16.1. The molecule has 0 spiro atoms. The molecule has 23 heavy (non-hydrogen) atoms. The zero-order valence-corrected chi connectivity index (χ0v) is 13.1. The number of nitrogens with zero attached hydrogens (tertiary/aromatic N) is 2. The van der Waals surface area contributed by atoms with Crippen LogP contribution < -0.4 is 0 Å². The standard InChI is InChI=1S/C19H22N2O2/c22-19(23)18-13-20(11-16-7-3-1-4-8-16)15-21(14-18)12-17-9-5-2-6-10-17/h1-10,18H,11-15H2,(H,22,23). The summed E-state index contributed by atoms with van der Waals surface area (Å²) in [5.41, 5.74) is 2.44. The van der Waals surface area contributed by atoms with Crippen molar-refractivity contribution in [2.75, 3.05) is 19.8 Å². The Morgan fingerprint density at radius 3 is 1.70 bits per heavy atom. The molecule has 0 unspecified atom stereocenters. The van der Waals surface area contributed by atoms with Gasteiger partial charge in [0.15, 0.2) is 0 Å². The first-order chi connectivity index (χ1) is 11.2. The second-order valence-electron chi connectivity index (χ2n) is 6.17. The summed E-state index contributed by atoms with van der Waals surface area (Å²) in [5.74, 6) is -1.04. The fourth-order valence-electron chi connectivity index (χ4n) is 3.15. The van der Waals surface area contributed by atoms with Crippen molar-refractivity contribution in [2.24, 2.45) is 5.92 Å². The maximum atomic E-state index is 11.5. The highest BCUT2D eigenvalue weighted by Crippen LogP contribution is 2.18. The molecule has 0 bridgehead atoms. The van der Waals surface area contributed by atoms with Gasteiger partial charge in [-0.05, 0) is 11.1 Å². The third-order valence-electron chi connectivity index (χ3n) is 4.20. The molecule has 0 aromatic heterocycles. The van der Waals surface area contributed by atoms with Gasteiger partial charge in [0.05, 0.1) is 12.6 Å². The number of benzene rings is 2. The van der Waals surface area contributed by atoms with Gasteiger partial charge in [-0.15, -0.1) is 0 Å². The van der Waals surface area contributed by atoms with E-state index >= 15 is 0 Å². The van der Waals surface area contributed by atoms with Crippen LogP contribution in [0.5, 0.6) is 0 Å². The van der Waals surface area contributed by atoms with Crippen LogP contribution in [0.3, 0.4) is 0 Å². The summed E-state index contributed by atoms with van der Waals surface area (Å²) < 4.78 is 0. The van der Waals surface area contributed by atoms with Crippen molar-refractivity contribution in [2.45, 2.75) is 13.1 Å². The Labute approximate surface area is 137 Å². The van der Waals surface area contributed by atoms with Crippen molar-refractivity contribution >= 4 is 5.97 Å². The first-order valence-electron chi connectivity index (χ1n) is 7.96. The van der Waals surface area contributed by atoms with E-state index in [2.05, 4.69) is 34.1 Å². The lowest BCUT2D eigenvalue weighted by molar-refractivity contribution is -0.146. The second-order valence-corrected chi connectivity index (χ2v) is 6.17. The number of aliphatic carboxylic acids is 1. The molecule has 0 radical (unpaired) electrons. The lowest BCUT2D eigenvalue weighted by Gasteiger charge is -2.38. The summed E-state index contributed by atoms with van der Waals surface area (Å²) in [7, 11) is 0. The first-order valence-corrected chi connectivity index (χ1v) is 7.96. The average Bonchev–Trinajstić information content (AvgIpc) is 2.56. The minimum Gasteiger partial charge on any atom is -0.481 e. The molecule has 1 fully saturated rings. The van der Waals surface area contributed by atoms with Gasteiger partial charge in [0.25, 0.3) is 0 Å². The minimum atomic E-state index is -0.708. The Hall–Kier alpha value is -2.17. The highest BCUT2D eigenvalue weighted by molar-refractivity contribution is 5.70. The highest BCUT2D eigenvalue weighted by Gasteiger charge is 2.29. The summed E-state index contributed by atoms with van der Waals surface area (Å²) in [6, 6.07) is 20.5. The maximum Gasteiger partial charge on any atom is 0.309 e. The summed E-state index contributed by atoms with van der Waals surface area (Å²) in [6.45, 7) is 3.59. The van der Waals surface area contributed by atoms with Crippen LogP contribution in [-0.4, -0.2) is 40.6 Å². The van der Waals surface area contributed by atoms with E-state index in [-0.39, 0.29) is 5.92 Å². The third-order valence-corrected chi connectivity index (χ3v) is 4.20. The van der Waals surface area contributed by atoms with Gasteiger partial charge in [0.2, 0.25) is 0 Å². The van der Waals surface area contributed by atoms with Crippen molar-refractivity contribution < 1.29 is 9.90 Å². The number of carbonyl (C=O) groups is 1. The van der Waals surface area contributed by atoms with Crippen molar-refractivity contribution in [1.82, 2.24) is 9.80 Å². The summed E-state index contributed by atoms with van der Waals surface area (Å²) >= 11 is 0. The first kappa shape index (κ1) is 15.7. The van der Waals surface area contributed by atoms with E-state index in [0.29, 0.717) is 13.1 Å². The maximum absolute atomic E-state index is 11.5. The van der Waals surface area contributed by atoms with Crippen LogP contribution in [0.1, 0.15) is 11.1 Å². The summed E-state index contributed by atoms with van der Waals surface area (Å²) in [6.07, 6.45) is 0. The van der Waals surface area contributed by atoms with E-state index < -0.39 is 5.97 Å². The van der Waals surface area contributed by atoms with Crippen LogP contribution in [0.15, 0.2) is 60.7 Å². The van der Waals surface area contributed by atoms with Gasteiger partial charge in [0.1, 0.15) is 0 Å². The quantitative estimate of drug-likeness (QED) is 0.922. The fraction of sp³-hybridized carbons (Fsp3) is 0.316. The minimum absolute atomic E-state index is 0.337. The molecule has 1 saturated heterocycles. The van der Waals surface area contributed by atoms with E-state index in [1.54, 1.807) is 0 Å². The SMILES string of the molecule is O=C(O)C1CN(Cc2ccccc2)CN(Cc2ccccc2)C1. The number of hydrogen-bond acceptors (Lipinski definition) is 3. The molecule has 0 amide bonds. The fourth-order valence-corrected chi connectivity index (χ4v) is 3.15. The van der Waals surface area contributed by atoms with Gasteiger partial charge in [0, 0.05) is 26.2 Å². The second kappa shape index (κ2) is 7.40. The molecule has 0 atom stereocenters. The molecule has 2 aromatic carbocycles. The number of hydrogen-bond donors (Lipinski definition) is 1. The van der Waals surface area contributed by atoms with Crippen LogP contribution in [0.4, 0.5) is 0 Å². The molecule has 4 nitrogen and oxygen atoms in total. The van der Waals surface area contributed by atoms with E-state index in [0.717, 1.165) is 19.8 Å². The molecular formula is C19H22N2O2. The molecule has 0 saturated carbocycles. The van der Waals surface area contributed by atoms with E-state index in [1.165, 1.54) is 11.1 Å². The molecule has 120 valence electrons. The molecule has 2 aromatic rings. The van der Waals surface area contributed by atoms with E-state index in [9.17, 15) is 9.90 Å². The Kier molecular flexibility index (Phi) is 5.05. The molecule has 1 aliphatic heterocycles. The third kappa shape index (κ3) is 4.41. The van der Waals surface area contributed by atoms with E-state index in [1.807, 2.05) is 36.4 Å². The van der Waals surface area contributed by atoms with Crippen LogP contribution in [0, 0.1) is 5.92 Å². The van der Waals surface area contributed by atoms with Crippen molar-refractivity contribution in [1.29, 1.82) is 0 Å². The normalized spacial score (nSPS) is 17.2. The van der Waals surface area contributed by atoms with Gasteiger partial charge < -0.3 is 5.11 Å². The smallest absolute Gasteiger partial charge is 0.309 e. The van der Waals surface area contributed by atoms with Crippen LogP contribution >= 0.6 is 0 Å². The van der Waals surface area contributed by atoms with Gasteiger partial charge in [-0.2, -0.15) is 0 Å². The lowest BCUT2D eigenvalue weighted by atomic mass is 10.0. The molecule has 3 rings (SSSR count). The summed E-state index contributed by atoms with van der Waals surface area (Å²) in [4.78, 5) is 15.9. The molecule has 1 heterocycles. The predicted molar refractivity (Wildman–Crippen MR) is 89.7 cm³/mol. The Balaban J connectivity index is 1.69.